The zero-order valence-electron chi connectivity index (χ0n) is 18.3. The van der Waals surface area contributed by atoms with Crippen LogP contribution in [0, 0.1) is 0 Å². The number of nitrogens with zero attached hydrogens (tertiary/aromatic N) is 3. The van der Waals surface area contributed by atoms with Gasteiger partial charge in [-0.1, -0.05) is 47.1 Å². The Morgan fingerprint density at radius 1 is 1.11 bits per heavy atom. The van der Waals surface area contributed by atoms with Gasteiger partial charge in [-0.3, -0.25) is 19.5 Å². The van der Waals surface area contributed by atoms with Crippen molar-refractivity contribution >= 4 is 63.3 Å². The number of alkyl halides is 3. The van der Waals surface area contributed by atoms with Gasteiger partial charge in [0.1, 0.15) is 5.25 Å². The summed E-state index contributed by atoms with van der Waals surface area (Å²) in [5.41, 5.74) is -0.00754. The molecule has 1 N–H and O–H groups in total. The normalized spacial score (nSPS) is 17.0. The van der Waals surface area contributed by atoms with Gasteiger partial charge in [-0.25, -0.2) is 4.99 Å². The molecule has 1 saturated heterocycles. The minimum absolute atomic E-state index is 0.0539. The summed E-state index contributed by atoms with van der Waals surface area (Å²) in [7, 11) is 0. The lowest BCUT2D eigenvalue weighted by molar-refractivity contribution is -0.137. The molecule has 1 unspecified atom stereocenters. The largest absolute Gasteiger partial charge is 0.416 e. The zero-order valence-corrected chi connectivity index (χ0v) is 20.6. The molecule has 1 aliphatic rings. The number of aromatic nitrogens is 1. The van der Waals surface area contributed by atoms with Gasteiger partial charge in [0.05, 0.1) is 34.2 Å². The zero-order chi connectivity index (χ0) is 25.9. The van der Waals surface area contributed by atoms with Crippen molar-refractivity contribution in [3.8, 4) is 0 Å². The average Bonchev–Trinajstić information content (AvgIpc) is 3.09. The van der Waals surface area contributed by atoms with Gasteiger partial charge in [0.25, 0.3) is 0 Å². The summed E-state index contributed by atoms with van der Waals surface area (Å²) in [6.07, 6.45) is -3.30. The van der Waals surface area contributed by atoms with Crippen molar-refractivity contribution in [2.45, 2.75) is 24.4 Å². The van der Waals surface area contributed by atoms with E-state index >= 15 is 0 Å². The monoisotopic (exact) mass is 552 g/mol. The number of hydrogen-bond acceptors (Lipinski definition) is 5. The second kappa shape index (κ2) is 10.9. The Bertz CT molecular complexity index is 1320. The molecule has 0 spiro atoms. The van der Waals surface area contributed by atoms with Gasteiger partial charge in [-0.05, 0) is 48.5 Å². The third-order valence-corrected chi connectivity index (χ3v) is 6.78. The summed E-state index contributed by atoms with van der Waals surface area (Å²) < 4.78 is 39.1. The molecule has 0 aliphatic carbocycles. The Labute approximate surface area is 218 Å². The maximum atomic E-state index is 13.2. The lowest BCUT2D eigenvalue weighted by Crippen LogP contribution is -2.33. The van der Waals surface area contributed by atoms with E-state index in [-0.39, 0.29) is 29.6 Å². The topological polar surface area (TPSA) is 74.7 Å². The Morgan fingerprint density at radius 2 is 1.92 bits per heavy atom. The van der Waals surface area contributed by atoms with E-state index < -0.39 is 22.9 Å². The quantitative estimate of drug-likeness (QED) is 0.375. The fourth-order valence-electron chi connectivity index (χ4n) is 3.35. The van der Waals surface area contributed by atoms with Crippen molar-refractivity contribution in [3.63, 3.8) is 0 Å². The standard InChI is InChI=1S/C24H17Cl2F3N4O2S/c25-15-4-3-6-16(11-15)31-23-33(13-17-5-1-2-9-30-17)22(35)20(36-23)12-21(34)32-19-10-14(24(27,28)29)7-8-18(19)26/h1-11,20H,12-13H2,(H,32,34). The first kappa shape index (κ1) is 26.0. The minimum Gasteiger partial charge on any atom is -0.325 e. The van der Waals surface area contributed by atoms with Crippen molar-refractivity contribution in [1.29, 1.82) is 0 Å². The van der Waals surface area contributed by atoms with Crippen molar-refractivity contribution in [1.82, 2.24) is 9.88 Å². The molecule has 186 valence electrons. The lowest BCUT2D eigenvalue weighted by atomic mass is 10.2. The van der Waals surface area contributed by atoms with Crippen LogP contribution in [0.3, 0.4) is 0 Å². The van der Waals surface area contributed by atoms with Gasteiger partial charge in [0, 0.05) is 17.6 Å². The van der Waals surface area contributed by atoms with Crippen LogP contribution in [0.25, 0.3) is 0 Å². The number of amidine groups is 1. The van der Waals surface area contributed by atoms with Gasteiger partial charge in [-0.15, -0.1) is 0 Å². The fourth-order valence-corrected chi connectivity index (χ4v) is 4.85. The van der Waals surface area contributed by atoms with Crippen LogP contribution in [0.5, 0.6) is 0 Å². The first-order valence-electron chi connectivity index (χ1n) is 10.5. The van der Waals surface area contributed by atoms with Crippen LogP contribution in [-0.2, 0) is 22.3 Å². The smallest absolute Gasteiger partial charge is 0.325 e. The molecule has 1 fully saturated rings. The first-order chi connectivity index (χ1) is 17.1. The molecule has 4 rings (SSSR count). The molecule has 2 amide bonds. The Morgan fingerprint density at radius 3 is 2.61 bits per heavy atom. The molecule has 2 heterocycles. The molecular formula is C24H17Cl2F3N4O2S. The van der Waals surface area contributed by atoms with Gasteiger partial charge >= 0.3 is 6.18 Å². The molecule has 1 aromatic heterocycles. The van der Waals surface area contributed by atoms with Crippen LogP contribution < -0.4 is 5.32 Å². The predicted octanol–water partition coefficient (Wildman–Crippen LogP) is 6.57. The second-order valence-corrected chi connectivity index (χ2v) is 9.68. The highest BCUT2D eigenvalue weighted by Gasteiger charge is 2.39. The number of anilines is 1. The number of amides is 2. The summed E-state index contributed by atoms with van der Waals surface area (Å²) >= 11 is 13.1. The number of carbonyl (C=O) groups excluding carboxylic acids is 2. The summed E-state index contributed by atoms with van der Waals surface area (Å²) in [6, 6.07) is 14.7. The Kier molecular flexibility index (Phi) is 7.87. The molecule has 0 bridgehead atoms. The third-order valence-electron chi connectivity index (χ3n) is 5.04. The highest BCUT2D eigenvalue weighted by atomic mass is 35.5. The Balaban J connectivity index is 1.55. The number of thioether (sulfide) groups is 1. The lowest BCUT2D eigenvalue weighted by Gasteiger charge is -2.16. The highest BCUT2D eigenvalue weighted by molar-refractivity contribution is 8.15. The van der Waals surface area contributed by atoms with E-state index in [9.17, 15) is 22.8 Å². The van der Waals surface area contributed by atoms with E-state index in [1.54, 1.807) is 48.7 Å². The first-order valence-corrected chi connectivity index (χ1v) is 12.1. The van der Waals surface area contributed by atoms with E-state index in [0.717, 1.165) is 30.0 Å². The fraction of sp³-hybridized carbons (Fsp3) is 0.167. The molecule has 1 aliphatic heterocycles. The molecule has 1 atom stereocenters. The molecule has 2 aromatic carbocycles. The van der Waals surface area contributed by atoms with Crippen molar-refractivity contribution < 1.29 is 22.8 Å². The summed E-state index contributed by atoms with van der Waals surface area (Å²) in [5, 5.41) is 2.30. The number of halogens is 5. The summed E-state index contributed by atoms with van der Waals surface area (Å²) in [6.45, 7) is 0.129. The van der Waals surface area contributed by atoms with Gasteiger partial charge in [-0.2, -0.15) is 13.2 Å². The Hall–Kier alpha value is -3.08. The summed E-state index contributed by atoms with van der Waals surface area (Å²) in [5.74, 6) is -1.04. The number of benzene rings is 2. The molecular weight excluding hydrogens is 536 g/mol. The highest BCUT2D eigenvalue weighted by Crippen LogP contribution is 2.36. The molecule has 3 aromatic rings. The maximum absolute atomic E-state index is 13.2. The van der Waals surface area contributed by atoms with Gasteiger partial charge in [0.2, 0.25) is 11.8 Å². The second-order valence-electron chi connectivity index (χ2n) is 7.67. The van der Waals surface area contributed by atoms with E-state index in [0.29, 0.717) is 21.6 Å². The third kappa shape index (κ3) is 6.37. The number of aliphatic imine (C=N–C) groups is 1. The molecule has 12 heteroatoms. The van der Waals surface area contributed by atoms with Crippen molar-refractivity contribution in [3.05, 3.63) is 88.2 Å². The van der Waals surface area contributed by atoms with Crippen LogP contribution >= 0.6 is 35.0 Å². The van der Waals surface area contributed by atoms with Crippen LogP contribution in [0.15, 0.2) is 71.9 Å². The van der Waals surface area contributed by atoms with Crippen molar-refractivity contribution in [2.75, 3.05) is 5.32 Å². The minimum atomic E-state index is -4.60. The van der Waals surface area contributed by atoms with E-state index in [2.05, 4.69) is 15.3 Å². The molecule has 6 nitrogen and oxygen atoms in total. The SMILES string of the molecule is O=C(CC1SC(=Nc2cccc(Cl)c2)N(Cc2ccccn2)C1=O)Nc1cc(C(F)(F)F)ccc1Cl. The number of nitrogens with one attached hydrogen (secondary N) is 1. The number of carbonyl (C=O) groups is 2. The number of pyridine rings is 1. The van der Waals surface area contributed by atoms with Crippen LogP contribution in [0.1, 0.15) is 17.7 Å². The van der Waals surface area contributed by atoms with Crippen LogP contribution in [0.2, 0.25) is 10.0 Å². The summed E-state index contributed by atoms with van der Waals surface area (Å²) in [4.78, 5) is 36.1. The van der Waals surface area contributed by atoms with E-state index in [4.69, 9.17) is 23.2 Å². The van der Waals surface area contributed by atoms with E-state index in [1.807, 2.05) is 0 Å². The number of rotatable bonds is 6. The number of hydrogen-bond donors (Lipinski definition) is 1. The maximum Gasteiger partial charge on any atom is 0.416 e. The predicted molar refractivity (Wildman–Crippen MR) is 134 cm³/mol. The van der Waals surface area contributed by atoms with Crippen molar-refractivity contribution in [2.24, 2.45) is 4.99 Å². The molecule has 0 radical (unpaired) electrons. The average molecular weight is 553 g/mol. The van der Waals surface area contributed by atoms with Gasteiger partial charge < -0.3 is 5.32 Å². The van der Waals surface area contributed by atoms with Crippen LogP contribution in [-0.4, -0.2) is 32.1 Å². The molecule has 36 heavy (non-hydrogen) atoms. The van der Waals surface area contributed by atoms with E-state index in [1.165, 1.54) is 4.90 Å². The molecule has 0 saturated carbocycles. The van der Waals surface area contributed by atoms with Gasteiger partial charge in [0.15, 0.2) is 5.17 Å². The van der Waals surface area contributed by atoms with Crippen LogP contribution in [0.4, 0.5) is 24.5 Å².